The van der Waals surface area contributed by atoms with Crippen LogP contribution in [0.4, 0.5) is 10.7 Å². The fraction of sp³-hybridized carbons (Fsp3) is 0.0758. The highest BCUT2D eigenvalue weighted by Gasteiger charge is 2.53. The molecule has 1 spiro atoms. The van der Waals surface area contributed by atoms with Crippen LogP contribution >= 0.6 is 11.3 Å². The number of hydrogen-bond donors (Lipinski definition) is 1. The Morgan fingerprint density at radius 2 is 1.16 bits per heavy atom. The average molecular weight is 910 g/mol. The Morgan fingerprint density at radius 1 is 0.529 bits per heavy atom. The number of hydrogen-bond acceptors (Lipinski definition) is 3. The van der Waals surface area contributed by atoms with Crippen LogP contribution in [0.3, 0.4) is 0 Å². The van der Waals surface area contributed by atoms with E-state index in [4.69, 9.17) is 4.99 Å². The van der Waals surface area contributed by atoms with Crippen molar-refractivity contribution in [1.82, 2.24) is 4.57 Å². The van der Waals surface area contributed by atoms with Gasteiger partial charge >= 0.3 is 0 Å². The van der Waals surface area contributed by atoms with Crippen molar-refractivity contribution in [3.8, 4) is 27.9 Å². The van der Waals surface area contributed by atoms with Gasteiger partial charge in [0.2, 0.25) is 0 Å². The molecule has 328 valence electrons. The highest BCUT2D eigenvalue weighted by atomic mass is 32.1. The van der Waals surface area contributed by atoms with Crippen LogP contribution in [-0.4, -0.2) is 16.3 Å². The minimum atomic E-state index is -0.447. The van der Waals surface area contributed by atoms with Gasteiger partial charge < -0.3 is 9.88 Å². The molecule has 4 aliphatic rings. The third kappa shape index (κ3) is 4.96. The lowest BCUT2D eigenvalue weighted by molar-refractivity contribution is 0.525. The highest BCUT2D eigenvalue weighted by molar-refractivity contribution is 7.23. The van der Waals surface area contributed by atoms with Gasteiger partial charge in [-0.25, -0.2) is 4.99 Å². The van der Waals surface area contributed by atoms with E-state index in [9.17, 15) is 0 Å². The van der Waals surface area contributed by atoms with Crippen LogP contribution in [-0.2, 0) is 5.41 Å². The van der Waals surface area contributed by atoms with Crippen LogP contribution in [0, 0.1) is 5.92 Å². The summed E-state index contributed by atoms with van der Waals surface area (Å²) in [7, 11) is 0. The smallest absolute Gasteiger partial charge is 0.140 e. The summed E-state index contributed by atoms with van der Waals surface area (Å²) in [5.74, 6) is 0.251. The molecule has 3 nitrogen and oxygen atoms in total. The van der Waals surface area contributed by atoms with Crippen LogP contribution in [0.2, 0.25) is 0 Å². The summed E-state index contributed by atoms with van der Waals surface area (Å²) in [5, 5.41) is 14.2. The molecule has 10 aromatic carbocycles. The maximum absolute atomic E-state index is 5.93. The number of nitrogens with zero attached hydrogens (tertiary/aromatic N) is 2. The zero-order valence-corrected chi connectivity index (χ0v) is 39.1. The summed E-state index contributed by atoms with van der Waals surface area (Å²) in [5.41, 5.74) is 19.8. The number of rotatable bonds is 3. The molecule has 2 aromatic heterocycles. The zero-order chi connectivity index (χ0) is 45.8. The van der Waals surface area contributed by atoms with Gasteiger partial charge in [0.05, 0.1) is 39.6 Å². The molecule has 0 radical (unpaired) electrons. The molecule has 3 aliphatic carbocycles. The second kappa shape index (κ2) is 14.1. The second-order valence-corrected chi connectivity index (χ2v) is 20.8. The van der Waals surface area contributed by atoms with Crippen LogP contribution in [0.25, 0.3) is 87.5 Å². The van der Waals surface area contributed by atoms with Crippen LogP contribution in [0.15, 0.2) is 217 Å². The monoisotopic (exact) mass is 909 g/mol. The fourth-order valence-electron chi connectivity index (χ4n) is 13.6. The number of thiophene rings is 1. The standard InChI is InChI=1S/C66H43N3S/c1-38-32-34-45-46(24-15-30-55(45)69-56-35-33-39-16-4-5-19-42(39)61(56)50-36-40-17-2-3-18-41(40)37-57(50)69)59(38)64-62(68-65-63(67-64)48-23-9-13-31-58(48)70-65)49-25-14-29-54-60(49)47-22-8-12-28-53(47)66(54)51-26-10-6-20-43(51)44-21-7-11-27-52(44)66/h2-38,59,64,67H,1H3. The highest BCUT2D eigenvalue weighted by Crippen LogP contribution is 2.64. The maximum atomic E-state index is 5.93. The predicted molar refractivity (Wildman–Crippen MR) is 295 cm³/mol. The van der Waals surface area contributed by atoms with E-state index in [0.717, 1.165) is 16.4 Å². The molecule has 0 amide bonds. The largest absolute Gasteiger partial charge is 0.373 e. The number of nitrogens with one attached hydrogen (secondary N) is 1. The van der Waals surface area contributed by atoms with E-state index in [1.165, 1.54) is 120 Å². The lowest BCUT2D eigenvalue weighted by Gasteiger charge is -2.39. The number of aromatic nitrogens is 1. The Balaban J connectivity index is 0.944. The molecule has 3 unspecified atom stereocenters. The maximum Gasteiger partial charge on any atom is 0.140 e. The number of anilines is 1. The Morgan fingerprint density at radius 3 is 1.96 bits per heavy atom. The predicted octanol–water partition coefficient (Wildman–Crippen LogP) is 17.0. The fourth-order valence-corrected chi connectivity index (χ4v) is 14.7. The molecule has 70 heavy (non-hydrogen) atoms. The molecule has 1 aliphatic heterocycles. The van der Waals surface area contributed by atoms with Gasteiger partial charge in [-0.2, -0.15) is 0 Å². The molecule has 0 saturated heterocycles. The van der Waals surface area contributed by atoms with E-state index < -0.39 is 5.41 Å². The van der Waals surface area contributed by atoms with E-state index >= 15 is 0 Å². The molecule has 4 heteroatoms. The lowest BCUT2D eigenvalue weighted by atomic mass is 9.70. The second-order valence-electron chi connectivity index (χ2n) is 19.8. The van der Waals surface area contributed by atoms with Crippen molar-refractivity contribution in [3.05, 3.63) is 251 Å². The average Bonchev–Trinajstić information content (AvgIpc) is 4.14. The molecule has 12 aromatic rings. The molecule has 0 bridgehead atoms. The summed E-state index contributed by atoms with van der Waals surface area (Å²) in [6.07, 6.45) is 4.87. The Hall–Kier alpha value is -8.31. The molecular weight excluding hydrogens is 867 g/mol. The van der Waals surface area contributed by atoms with Crippen molar-refractivity contribution < 1.29 is 0 Å². The Kier molecular flexibility index (Phi) is 7.80. The van der Waals surface area contributed by atoms with Gasteiger partial charge in [0.25, 0.3) is 0 Å². The minimum absolute atomic E-state index is 0.0506. The summed E-state index contributed by atoms with van der Waals surface area (Å²) < 4.78 is 3.79. The van der Waals surface area contributed by atoms with E-state index in [1.54, 1.807) is 11.3 Å². The summed E-state index contributed by atoms with van der Waals surface area (Å²) in [6.45, 7) is 2.40. The molecule has 16 rings (SSSR count). The number of allylic oxidation sites excluding steroid dienone is 1. The molecule has 3 atom stereocenters. The van der Waals surface area contributed by atoms with Crippen molar-refractivity contribution in [2.24, 2.45) is 10.9 Å². The molecule has 0 fully saturated rings. The summed E-state index contributed by atoms with van der Waals surface area (Å²) in [4.78, 5) is 5.93. The van der Waals surface area contributed by atoms with Gasteiger partial charge in [-0.15, -0.1) is 11.3 Å². The first-order chi connectivity index (χ1) is 34.6. The van der Waals surface area contributed by atoms with Gasteiger partial charge in [0.15, 0.2) is 0 Å². The number of benzene rings is 10. The van der Waals surface area contributed by atoms with Gasteiger partial charge in [-0.05, 0) is 108 Å². The molecule has 3 heterocycles. The lowest BCUT2D eigenvalue weighted by Crippen LogP contribution is -2.41. The number of aliphatic imine (C=N–C) groups is 1. The van der Waals surface area contributed by atoms with Crippen molar-refractivity contribution in [2.45, 2.75) is 24.3 Å². The molecule has 0 saturated carbocycles. The van der Waals surface area contributed by atoms with Gasteiger partial charge in [-0.1, -0.05) is 195 Å². The van der Waals surface area contributed by atoms with Crippen LogP contribution in [0.5, 0.6) is 0 Å². The normalized spacial score (nSPS) is 17.9. The third-order valence-electron chi connectivity index (χ3n) is 16.4. The van der Waals surface area contributed by atoms with E-state index in [2.05, 4.69) is 235 Å². The summed E-state index contributed by atoms with van der Waals surface area (Å²) >= 11 is 1.79. The van der Waals surface area contributed by atoms with Crippen molar-refractivity contribution >= 4 is 87.2 Å². The quantitative estimate of drug-likeness (QED) is 0.188. The zero-order valence-electron chi connectivity index (χ0n) is 38.3. The third-order valence-corrected chi connectivity index (χ3v) is 17.5. The first-order valence-corrected chi connectivity index (χ1v) is 25.4. The van der Waals surface area contributed by atoms with Crippen LogP contribution < -0.4 is 5.32 Å². The van der Waals surface area contributed by atoms with E-state index in [1.807, 2.05) is 0 Å². The van der Waals surface area contributed by atoms with Crippen molar-refractivity contribution in [3.63, 3.8) is 0 Å². The minimum Gasteiger partial charge on any atom is -0.373 e. The van der Waals surface area contributed by atoms with Crippen LogP contribution in [0.1, 0.15) is 51.8 Å². The first-order valence-electron chi connectivity index (χ1n) is 24.6. The SMILES string of the molecule is CC1C=Cc2c(cccc2-n2c3cc4ccccc4cc3c3c4ccccc4ccc32)C1C1Nc2c(sc3ccccc23)N=C1c1cccc2c1-c1ccccc1C21c2ccccc2-c2ccccc21. The van der Waals surface area contributed by atoms with Gasteiger partial charge in [-0.3, -0.25) is 0 Å². The first kappa shape index (κ1) is 38.6. The summed E-state index contributed by atoms with van der Waals surface area (Å²) in [6, 6.07) is 77.2. The molecule has 1 N–H and O–H groups in total. The van der Waals surface area contributed by atoms with Crippen molar-refractivity contribution in [2.75, 3.05) is 5.32 Å². The topological polar surface area (TPSA) is 29.3 Å². The Bertz CT molecular complexity index is 4290. The number of fused-ring (bicyclic) bond motifs is 20. The van der Waals surface area contributed by atoms with Crippen molar-refractivity contribution in [1.29, 1.82) is 0 Å². The Labute approximate surface area is 409 Å². The molecular formula is C66H43N3S. The van der Waals surface area contributed by atoms with Gasteiger partial charge in [0, 0.05) is 37.9 Å². The van der Waals surface area contributed by atoms with Gasteiger partial charge in [0.1, 0.15) is 5.00 Å². The van der Waals surface area contributed by atoms with E-state index in [-0.39, 0.29) is 17.9 Å². The van der Waals surface area contributed by atoms with E-state index in [0.29, 0.717) is 0 Å².